The lowest BCUT2D eigenvalue weighted by Crippen LogP contribution is -2.54. The molecule has 0 amide bonds. The fraction of sp³-hybridized carbons (Fsp3) is 0.500. The number of carbonyl (C=O) groups is 1. The SMILES string of the molecule is CN1CCN(Cc2cccnc2N)C[C@@H]1C(=O)O. The first-order valence-corrected chi connectivity index (χ1v) is 5.92. The fourth-order valence-electron chi connectivity index (χ4n) is 2.17. The monoisotopic (exact) mass is 250 g/mol. The van der Waals surface area contributed by atoms with Gasteiger partial charge in [-0.05, 0) is 13.1 Å². The first-order chi connectivity index (χ1) is 8.58. The third kappa shape index (κ3) is 2.77. The van der Waals surface area contributed by atoms with Crippen LogP contribution in [0.1, 0.15) is 5.56 Å². The second-order valence-corrected chi connectivity index (χ2v) is 4.62. The number of hydrogen-bond donors (Lipinski definition) is 2. The summed E-state index contributed by atoms with van der Waals surface area (Å²) in [4.78, 5) is 19.1. The summed E-state index contributed by atoms with van der Waals surface area (Å²) in [7, 11) is 1.84. The highest BCUT2D eigenvalue weighted by molar-refractivity contribution is 5.73. The highest BCUT2D eigenvalue weighted by atomic mass is 16.4. The molecule has 1 aromatic heterocycles. The maximum absolute atomic E-state index is 11.1. The minimum absolute atomic E-state index is 0.448. The number of aliphatic carboxylic acids is 1. The van der Waals surface area contributed by atoms with Crippen molar-refractivity contribution in [2.45, 2.75) is 12.6 Å². The van der Waals surface area contributed by atoms with E-state index in [0.717, 1.165) is 18.7 Å². The van der Waals surface area contributed by atoms with E-state index in [1.807, 2.05) is 24.1 Å². The van der Waals surface area contributed by atoms with E-state index in [4.69, 9.17) is 10.8 Å². The van der Waals surface area contributed by atoms with Gasteiger partial charge in [0.25, 0.3) is 0 Å². The number of nitrogens with two attached hydrogens (primary N) is 1. The van der Waals surface area contributed by atoms with Gasteiger partial charge in [0.15, 0.2) is 0 Å². The molecule has 18 heavy (non-hydrogen) atoms. The van der Waals surface area contributed by atoms with E-state index < -0.39 is 12.0 Å². The van der Waals surface area contributed by atoms with Crippen LogP contribution in [0.25, 0.3) is 0 Å². The third-order valence-corrected chi connectivity index (χ3v) is 3.34. The van der Waals surface area contributed by atoms with Gasteiger partial charge in [0, 0.05) is 37.9 Å². The Morgan fingerprint density at radius 1 is 1.61 bits per heavy atom. The maximum atomic E-state index is 11.1. The zero-order valence-corrected chi connectivity index (χ0v) is 10.4. The first-order valence-electron chi connectivity index (χ1n) is 5.92. The average Bonchev–Trinajstić information content (AvgIpc) is 2.34. The molecule has 1 saturated heterocycles. The third-order valence-electron chi connectivity index (χ3n) is 3.34. The molecule has 98 valence electrons. The number of nitrogens with zero attached hydrogens (tertiary/aromatic N) is 3. The van der Waals surface area contributed by atoms with Crippen molar-refractivity contribution >= 4 is 11.8 Å². The van der Waals surface area contributed by atoms with Crippen molar-refractivity contribution in [3.05, 3.63) is 23.9 Å². The summed E-state index contributed by atoms with van der Waals surface area (Å²) in [5.74, 6) is -0.260. The van der Waals surface area contributed by atoms with Crippen LogP contribution in [0, 0.1) is 0 Å². The van der Waals surface area contributed by atoms with Crippen LogP contribution >= 0.6 is 0 Å². The minimum Gasteiger partial charge on any atom is -0.480 e. The molecule has 1 atom stereocenters. The van der Waals surface area contributed by atoms with Crippen LogP contribution in [0.5, 0.6) is 0 Å². The van der Waals surface area contributed by atoms with Gasteiger partial charge in [0.2, 0.25) is 0 Å². The Bertz CT molecular complexity index is 438. The van der Waals surface area contributed by atoms with Crippen LogP contribution in [-0.4, -0.2) is 58.6 Å². The first kappa shape index (κ1) is 12.8. The van der Waals surface area contributed by atoms with E-state index in [1.54, 1.807) is 6.20 Å². The smallest absolute Gasteiger partial charge is 0.322 e. The molecule has 0 radical (unpaired) electrons. The van der Waals surface area contributed by atoms with Crippen molar-refractivity contribution in [1.82, 2.24) is 14.8 Å². The Morgan fingerprint density at radius 3 is 3.06 bits per heavy atom. The summed E-state index contributed by atoms with van der Waals surface area (Å²) in [6, 6.07) is 3.32. The molecule has 6 heteroatoms. The molecule has 0 aromatic carbocycles. The topological polar surface area (TPSA) is 82.7 Å². The highest BCUT2D eigenvalue weighted by Crippen LogP contribution is 2.14. The van der Waals surface area contributed by atoms with Crippen molar-refractivity contribution in [2.75, 3.05) is 32.4 Å². The number of carboxylic acids is 1. The molecule has 0 bridgehead atoms. The molecule has 0 unspecified atom stereocenters. The van der Waals surface area contributed by atoms with Gasteiger partial charge in [-0.3, -0.25) is 14.6 Å². The molecule has 1 fully saturated rings. The molecule has 3 N–H and O–H groups in total. The molecule has 6 nitrogen and oxygen atoms in total. The van der Waals surface area contributed by atoms with Crippen molar-refractivity contribution in [2.24, 2.45) is 0 Å². The molecule has 1 aromatic rings. The summed E-state index contributed by atoms with van der Waals surface area (Å²) in [6.07, 6.45) is 1.66. The Morgan fingerprint density at radius 2 is 2.39 bits per heavy atom. The summed E-state index contributed by atoms with van der Waals surface area (Å²) in [6.45, 7) is 2.75. The Hall–Kier alpha value is -1.66. The maximum Gasteiger partial charge on any atom is 0.322 e. The van der Waals surface area contributed by atoms with Crippen LogP contribution < -0.4 is 5.73 Å². The van der Waals surface area contributed by atoms with Crippen LogP contribution in [0.2, 0.25) is 0 Å². The summed E-state index contributed by atoms with van der Waals surface area (Å²) in [5.41, 5.74) is 6.75. The highest BCUT2D eigenvalue weighted by Gasteiger charge is 2.29. The summed E-state index contributed by atoms with van der Waals surface area (Å²) in [5, 5.41) is 9.14. The molecule has 1 aliphatic heterocycles. The lowest BCUT2D eigenvalue weighted by molar-refractivity contribution is -0.145. The zero-order valence-electron chi connectivity index (χ0n) is 10.4. The number of anilines is 1. The number of hydrogen-bond acceptors (Lipinski definition) is 5. The molecule has 0 aliphatic carbocycles. The van der Waals surface area contributed by atoms with Crippen LogP contribution in [0.4, 0.5) is 5.82 Å². The van der Waals surface area contributed by atoms with Gasteiger partial charge in [-0.2, -0.15) is 0 Å². The van der Waals surface area contributed by atoms with Crippen LogP contribution in [0.3, 0.4) is 0 Å². The molecule has 2 rings (SSSR count). The van der Waals surface area contributed by atoms with Crippen LogP contribution in [-0.2, 0) is 11.3 Å². The van der Waals surface area contributed by atoms with Gasteiger partial charge in [-0.25, -0.2) is 4.98 Å². The number of carboxylic acid groups (broad SMARTS) is 1. The Balaban J connectivity index is 2.03. The quantitative estimate of drug-likeness (QED) is 0.777. The lowest BCUT2D eigenvalue weighted by Gasteiger charge is -2.37. The van der Waals surface area contributed by atoms with Crippen molar-refractivity contribution in [3.8, 4) is 0 Å². The summed E-state index contributed by atoms with van der Waals surface area (Å²) < 4.78 is 0. The molecule has 2 heterocycles. The predicted octanol–water partition coefficient (Wildman–Crippen LogP) is -0.136. The van der Waals surface area contributed by atoms with Crippen LogP contribution in [0.15, 0.2) is 18.3 Å². The van der Waals surface area contributed by atoms with E-state index in [9.17, 15) is 4.79 Å². The van der Waals surface area contributed by atoms with Gasteiger partial charge in [-0.15, -0.1) is 0 Å². The molecular weight excluding hydrogens is 232 g/mol. The van der Waals surface area contributed by atoms with Crippen molar-refractivity contribution < 1.29 is 9.90 Å². The fourth-order valence-corrected chi connectivity index (χ4v) is 2.17. The zero-order chi connectivity index (χ0) is 13.1. The normalized spacial score (nSPS) is 21.9. The molecule has 0 spiro atoms. The van der Waals surface area contributed by atoms with Gasteiger partial charge in [-0.1, -0.05) is 6.07 Å². The molecule has 0 saturated carbocycles. The number of pyridine rings is 1. The van der Waals surface area contributed by atoms with Crippen molar-refractivity contribution in [3.63, 3.8) is 0 Å². The minimum atomic E-state index is -0.777. The Kier molecular flexibility index (Phi) is 3.78. The average molecular weight is 250 g/mol. The standard InChI is InChI=1S/C12H18N4O2/c1-15-5-6-16(8-10(15)12(17)18)7-9-3-2-4-14-11(9)13/h2-4,10H,5-8H2,1H3,(H2,13,14)(H,17,18)/t10-/m1/s1. The van der Waals surface area contributed by atoms with Gasteiger partial charge < -0.3 is 10.8 Å². The van der Waals surface area contributed by atoms with E-state index in [2.05, 4.69) is 9.88 Å². The lowest BCUT2D eigenvalue weighted by atomic mass is 10.1. The van der Waals surface area contributed by atoms with Gasteiger partial charge in [0.1, 0.15) is 11.9 Å². The molecular formula is C12H18N4O2. The predicted molar refractivity (Wildman–Crippen MR) is 68.0 cm³/mol. The number of likely N-dealkylation sites (N-methyl/N-ethyl adjacent to an activating group) is 1. The van der Waals surface area contributed by atoms with E-state index in [1.165, 1.54) is 0 Å². The number of nitrogen functional groups attached to an aromatic ring is 1. The van der Waals surface area contributed by atoms with E-state index in [-0.39, 0.29) is 0 Å². The summed E-state index contributed by atoms with van der Waals surface area (Å²) >= 11 is 0. The largest absolute Gasteiger partial charge is 0.480 e. The second kappa shape index (κ2) is 5.32. The number of rotatable bonds is 3. The van der Waals surface area contributed by atoms with Gasteiger partial charge in [0.05, 0.1) is 0 Å². The van der Waals surface area contributed by atoms with Crippen molar-refractivity contribution in [1.29, 1.82) is 0 Å². The number of piperazine rings is 1. The number of aromatic nitrogens is 1. The second-order valence-electron chi connectivity index (χ2n) is 4.62. The Labute approximate surface area is 106 Å². The van der Waals surface area contributed by atoms with E-state index in [0.29, 0.717) is 18.9 Å². The molecule has 1 aliphatic rings. The van der Waals surface area contributed by atoms with E-state index >= 15 is 0 Å². The van der Waals surface area contributed by atoms with Gasteiger partial charge >= 0.3 is 5.97 Å².